The van der Waals surface area contributed by atoms with Gasteiger partial charge in [0.2, 0.25) is 10.0 Å². The first-order valence-electron chi connectivity index (χ1n) is 3.80. The monoisotopic (exact) mass is 304 g/mol. The van der Waals surface area contributed by atoms with Gasteiger partial charge in [-0.3, -0.25) is 4.90 Å². The van der Waals surface area contributed by atoms with E-state index < -0.39 is 10.0 Å². The lowest BCUT2D eigenvalue weighted by Gasteiger charge is -2.10. The predicted octanol–water partition coefficient (Wildman–Crippen LogP) is -0.0107. The van der Waals surface area contributed by atoms with Crippen molar-refractivity contribution in [1.82, 2.24) is 4.90 Å². The highest BCUT2D eigenvalue weighted by atomic mass is 127. The molecule has 1 atom stereocenters. The third kappa shape index (κ3) is 3.55. The standard InChI is InChI=1S/C6H13IN2O2S/c7-5-9-2-1-6(3-9)4-12(8,10)11/h6H,1-5H2,(H2,8,10,11). The number of nitrogens with zero attached hydrogens (tertiary/aromatic N) is 1. The Morgan fingerprint density at radius 1 is 1.58 bits per heavy atom. The topological polar surface area (TPSA) is 63.4 Å². The molecule has 2 N–H and O–H groups in total. The highest BCUT2D eigenvalue weighted by molar-refractivity contribution is 14.1. The van der Waals surface area contributed by atoms with Crippen LogP contribution in [0, 0.1) is 5.92 Å². The molecule has 0 bridgehead atoms. The van der Waals surface area contributed by atoms with E-state index in [0.717, 1.165) is 24.1 Å². The van der Waals surface area contributed by atoms with Crippen LogP contribution < -0.4 is 5.14 Å². The number of likely N-dealkylation sites (tertiary alicyclic amines) is 1. The van der Waals surface area contributed by atoms with Crippen LogP contribution in [0.3, 0.4) is 0 Å². The fourth-order valence-corrected chi connectivity index (χ4v) is 3.03. The van der Waals surface area contributed by atoms with Gasteiger partial charge in [-0.1, -0.05) is 22.6 Å². The molecule has 72 valence electrons. The summed E-state index contributed by atoms with van der Waals surface area (Å²) in [4.78, 5) is 2.23. The van der Waals surface area contributed by atoms with Crippen LogP contribution >= 0.6 is 22.6 Å². The Balaban J connectivity index is 2.38. The Kier molecular flexibility index (Phi) is 3.74. The molecule has 12 heavy (non-hydrogen) atoms. The van der Waals surface area contributed by atoms with E-state index in [-0.39, 0.29) is 11.7 Å². The first kappa shape index (κ1) is 10.7. The molecule has 0 aromatic heterocycles. The van der Waals surface area contributed by atoms with Crippen LogP contribution in [0.2, 0.25) is 0 Å². The van der Waals surface area contributed by atoms with Gasteiger partial charge < -0.3 is 0 Å². The van der Waals surface area contributed by atoms with Gasteiger partial charge >= 0.3 is 0 Å². The predicted molar refractivity (Wildman–Crippen MR) is 56.5 cm³/mol. The molecule has 1 aliphatic rings. The average Bonchev–Trinajstić information content (AvgIpc) is 2.32. The van der Waals surface area contributed by atoms with Crippen molar-refractivity contribution in [3.05, 3.63) is 0 Å². The van der Waals surface area contributed by atoms with Crippen molar-refractivity contribution in [2.45, 2.75) is 6.42 Å². The van der Waals surface area contributed by atoms with Crippen LogP contribution in [-0.4, -0.2) is 36.7 Å². The minimum atomic E-state index is -3.27. The molecule has 1 unspecified atom stereocenters. The Bertz CT molecular complexity index is 242. The summed E-state index contributed by atoms with van der Waals surface area (Å²) in [7, 11) is -3.27. The molecule has 0 aromatic rings. The number of halogens is 1. The van der Waals surface area contributed by atoms with E-state index >= 15 is 0 Å². The molecule has 1 saturated heterocycles. The minimum absolute atomic E-state index is 0.139. The van der Waals surface area contributed by atoms with Gasteiger partial charge in [-0.25, -0.2) is 13.6 Å². The van der Waals surface area contributed by atoms with Crippen LogP contribution in [0.25, 0.3) is 0 Å². The van der Waals surface area contributed by atoms with Crippen molar-refractivity contribution >= 4 is 32.6 Å². The quantitative estimate of drug-likeness (QED) is 0.453. The number of alkyl halides is 1. The summed E-state index contributed by atoms with van der Waals surface area (Å²) in [5.74, 6) is 0.384. The van der Waals surface area contributed by atoms with E-state index in [9.17, 15) is 8.42 Å². The summed E-state index contributed by atoms with van der Waals surface area (Å²) in [6.45, 7) is 1.88. The zero-order valence-electron chi connectivity index (χ0n) is 6.74. The van der Waals surface area contributed by atoms with E-state index in [1.807, 2.05) is 0 Å². The smallest absolute Gasteiger partial charge is 0.209 e. The number of sulfonamides is 1. The highest BCUT2D eigenvalue weighted by Gasteiger charge is 2.24. The molecule has 0 saturated carbocycles. The maximum atomic E-state index is 10.7. The van der Waals surface area contributed by atoms with Crippen molar-refractivity contribution < 1.29 is 8.42 Å². The van der Waals surface area contributed by atoms with Crippen LogP contribution in [0.5, 0.6) is 0 Å². The summed E-state index contributed by atoms with van der Waals surface area (Å²) in [5, 5.41) is 4.95. The number of nitrogens with two attached hydrogens (primary N) is 1. The molecular weight excluding hydrogens is 291 g/mol. The molecule has 0 aliphatic carbocycles. The van der Waals surface area contributed by atoms with Gasteiger partial charge in [-0.15, -0.1) is 0 Å². The fraction of sp³-hybridized carbons (Fsp3) is 1.00. The average molecular weight is 304 g/mol. The maximum absolute atomic E-state index is 10.7. The first-order valence-corrected chi connectivity index (χ1v) is 7.04. The third-order valence-corrected chi connectivity index (χ3v) is 3.91. The van der Waals surface area contributed by atoms with Gasteiger partial charge in [0.25, 0.3) is 0 Å². The van der Waals surface area contributed by atoms with Crippen LogP contribution in [0.4, 0.5) is 0 Å². The normalized spacial score (nSPS) is 26.3. The van der Waals surface area contributed by atoms with E-state index in [2.05, 4.69) is 27.5 Å². The zero-order valence-corrected chi connectivity index (χ0v) is 9.71. The third-order valence-electron chi connectivity index (χ3n) is 2.01. The molecule has 1 aliphatic heterocycles. The minimum Gasteiger partial charge on any atom is -0.294 e. The second kappa shape index (κ2) is 4.21. The summed E-state index contributed by atoms with van der Waals surface area (Å²) < 4.78 is 22.5. The Morgan fingerprint density at radius 3 is 2.67 bits per heavy atom. The molecular formula is C6H13IN2O2S. The SMILES string of the molecule is NS(=O)(=O)CC1CCN(CI)C1. The first-order chi connectivity index (χ1) is 5.51. The Labute approximate surface area is 86.7 Å². The number of hydrogen-bond acceptors (Lipinski definition) is 3. The van der Waals surface area contributed by atoms with E-state index in [4.69, 9.17) is 5.14 Å². The molecule has 0 aromatic carbocycles. The van der Waals surface area contributed by atoms with Gasteiger partial charge in [0.15, 0.2) is 0 Å². The van der Waals surface area contributed by atoms with E-state index in [1.165, 1.54) is 0 Å². The van der Waals surface area contributed by atoms with E-state index in [1.54, 1.807) is 0 Å². The lowest BCUT2D eigenvalue weighted by atomic mass is 10.2. The Hall–Kier alpha value is 0.600. The second-order valence-corrected chi connectivity index (χ2v) is 5.52. The summed E-state index contributed by atoms with van der Waals surface area (Å²) >= 11 is 2.28. The summed E-state index contributed by atoms with van der Waals surface area (Å²) in [5.41, 5.74) is 0. The van der Waals surface area contributed by atoms with Crippen molar-refractivity contribution in [3.63, 3.8) is 0 Å². The molecule has 0 radical (unpaired) electrons. The fourth-order valence-electron chi connectivity index (χ4n) is 1.49. The lowest BCUT2D eigenvalue weighted by molar-refractivity contribution is 0.394. The van der Waals surface area contributed by atoms with Crippen molar-refractivity contribution in [3.8, 4) is 0 Å². The summed E-state index contributed by atoms with van der Waals surface area (Å²) in [6, 6.07) is 0. The van der Waals surface area contributed by atoms with Gasteiger partial charge in [0, 0.05) is 6.54 Å². The van der Waals surface area contributed by atoms with Crippen LogP contribution in [-0.2, 0) is 10.0 Å². The second-order valence-electron chi connectivity index (χ2n) is 3.18. The number of primary sulfonamides is 1. The van der Waals surface area contributed by atoms with Crippen LogP contribution in [0.1, 0.15) is 6.42 Å². The molecule has 6 heteroatoms. The summed E-state index contributed by atoms with van der Waals surface area (Å²) in [6.07, 6.45) is 0.958. The number of rotatable bonds is 3. The zero-order chi connectivity index (χ0) is 9.19. The molecule has 1 fully saturated rings. The van der Waals surface area contributed by atoms with Crippen LogP contribution in [0.15, 0.2) is 0 Å². The van der Waals surface area contributed by atoms with Gasteiger partial charge in [0.05, 0.1) is 10.3 Å². The lowest BCUT2D eigenvalue weighted by Crippen LogP contribution is -2.25. The largest absolute Gasteiger partial charge is 0.294 e. The maximum Gasteiger partial charge on any atom is 0.209 e. The molecule has 0 amide bonds. The number of hydrogen-bond donors (Lipinski definition) is 1. The van der Waals surface area contributed by atoms with Crippen molar-refractivity contribution in [2.75, 3.05) is 23.4 Å². The van der Waals surface area contributed by atoms with E-state index in [0.29, 0.717) is 0 Å². The van der Waals surface area contributed by atoms with Gasteiger partial charge in [-0.05, 0) is 18.9 Å². The molecule has 4 nitrogen and oxygen atoms in total. The Morgan fingerprint density at radius 2 is 2.25 bits per heavy atom. The van der Waals surface area contributed by atoms with Gasteiger partial charge in [0.1, 0.15) is 0 Å². The molecule has 1 heterocycles. The highest BCUT2D eigenvalue weighted by Crippen LogP contribution is 2.17. The van der Waals surface area contributed by atoms with Crippen molar-refractivity contribution in [1.29, 1.82) is 0 Å². The molecule has 0 spiro atoms. The van der Waals surface area contributed by atoms with Gasteiger partial charge in [-0.2, -0.15) is 0 Å². The molecule has 1 rings (SSSR count). The van der Waals surface area contributed by atoms with Crippen molar-refractivity contribution in [2.24, 2.45) is 11.1 Å².